The molecule has 0 bridgehead atoms. The van der Waals surface area contributed by atoms with Gasteiger partial charge in [-0.15, -0.1) is 0 Å². The molecule has 3 heteroatoms. The Morgan fingerprint density at radius 3 is 2.81 bits per heavy atom. The van der Waals surface area contributed by atoms with E-state index in [1.165, 1.54) is 25.7 Å². The fraction of sp³-hybridized carbons (Fsp3) is 0.667. The highest BCUT2D eigenvalue weighted by Crippen LogP contribution is 2.34. The molecular formula is C18H29FN2. The molecule has 0 amide bonds. The molecule has 1 N–H and O–H groups in total. The first-order valence-electron chi connectivity index (χ1n) is 8.47. The average Bonchev–Trinajstić information content (AvgIpc) is 2.72. The Morgan fingerprint density at radius 1 is 1.29 bits per heavy atom. The summed E-state index contributed by atoms with van der Waals surface area (Å²) in [7, 11) is 0. The van der Waals surface area contributed by atoms with Gasteiger partial charge in [0.05, 0.1) is 5.69 Å². The molecule has 0 saturated carbocycles. The molecule has 0 aromatic heterocycles. The van der Waals surface area contributed by atoms with Gasteiger partial charge >= 0.3 is 0 Å². The third kappa shape index (κ3) is 3.76. The summed E-state index contributed by atoms with van der Waals surface area (Å²) >= 11 is 0. The minimum absolute atomic E-state index is 0.0717. The number of rotatable bonds is 5. The molecule has 1 fully saturated rings. The lowest BCUT2D eigenvalue weighted by Crippen LogP contribution is -2.36. The summed E-state index contributed by atoms with van der Waals surface area (Å²) in [4.78, 5) is 2.34. The van der Waals surface area contributed by atoms with Crippen LogP contribution in [-0.4, -0.2) is 19.1 Å². The van der Waals surface area contributed by atoms with Crippen molar-refractivity contribution in [2.24, 2.45) is 0 Å². The number of nitrogens with zero attached hydrogens (tertiary/aromatic N) is 1. The number of halogens is 1. The Kier molecular flexibility index (Phi) is 6.04. The van der Waals surface area contributed by atoms with Crippen molar-refractivity contribution in [3.63, 3.8) is 0 Å². The Hall–Kier alpha value is -1.09. The summed E-state index contributed by atoms with van der Waals surface area (Å²) in [6.07, 6.45) is 5.96. The second-order valence-corrected chi connectivity index (χ2v) is 6.06. The first-order chi connectivity index (χ1) is 10.2. The molecule has 1 aliphatic rings. The number of hydrogen-bond donors (Lipinski definition) is 1. The number of para-hydroxylation sites is 1. The number of nitrogens with one attached hydrogen (secondary N) is 1. The van der Waals surface area contributed by atoms with Crippen molar-refractivity contribution in [3.8, 4) is 0 Å². The normalized spacial score (nSPS) is 21.1. The molecule has 21 heavy (non-hydrogen) atoms. The van der Waals surface area contributed by atoms with Crippen LogP contribution in [0.4, 0.5) is 10.1 Å². The Labute approximate surface area is 128 Å². The highest BCUT2D eigenvalue weighted by Gasteiger charge is 2.25. The molecule has 2 unspecified atom stereocenters. The minimum Gasteiger partial charge on any atom is -0.366 e. The molecule has 1 saturated heterocycles. The molecule has 118 valence electrons. The summed E-state index contributed by atoms with van der Waals surface area (Å²) in [5.41, 5.74) is 1.93. The zero-order valence-corrected chi connectivity index (χ0v) is 13.7. The fourth-order valence-electron chi connectivity index (χ4n) is 3.50. The number of benzene rings is 1. The average molecular weight is 292 g/mol. The summed E-state index contributed by atoms with van der Waals surface area (Å²) in [5.74, 6) is -0.0717. The largest absolute Gasteiger partial charge is 0.366 e. The lowest BCUT2D eigenvalue weighted by molar-refractivity contribution is 0.528. The van der Waals surface area contributed by atoms with Crippen LogP contribution in [0.1, 0.15) is 64.5 Å². The van der Waals surface area contributed by atoms with Gasteiger partial charge in [0.1, 0.15) is 5.82 Å². The SMILES string of the molecule is CCNC(C)c1cccc(F)c1N1CCCCCC1CC. The van der Waals surface area contributed by atoms with Crippen molar-refractivity contribution >= 4 is 5.69 Å². The van der Waals surface area contributed by atoms with Gasteiger partial charge in [-0.1, -0.05) is 38.8 Å². The van der Waals surface area contributed by atoms with E-state index in [-0.39, 0.29) is 11.9 Å². The second-order valence-electron chi connectivity index (χ2n) is 6.06. The summed E-state index contributed by atoms with van der Waals surface area (Å²) < 4.78 is 14.6. The zero-order chi connectivity index (χ0) is 15.2. The highest BCUT2D eigenvalue weighted by atomic mass is 19.1. The van der Waals surface area contributed by atoms with Crippen molar-refractivity contribution in [3.05, 3.63) is 29.6 Å². The Morgan fingerprint density at radius 2 is 2.10 bits per heavy atom. The molecule has 1 aliphatic heterocycles. The lowest BCUT2D eigenvalue weighted by atomic mass is 10.0. The minimum atomic E-state index is -0.0717. The van der Waals surface area contributed by atoms with E-state index in [2.05, 4.69) is 37.1 Å². The van der Waals surface area contributed by atoms with Crippen LogP contribution >= 0.6 is 0 Å². The van der Waals surface area contributed by atoms with Gasteiger partial charge < -0.3 is 10.2 Å². The number of hydrogen-bond acceptors (Lipinski definition) is 2. The molecule has 0 spiro atoms. The molecular weight excluding hydrogens is 263 g/mol. The van der Waals surface area contributed by atoms with Crippen molar-refractivity contribution in [2.45, 2.75) is 65.0 Å². The van der Waals surface area contributed by atoms with Gasteiger partial charge in [-0.05, 0) is 44.4 Å². The Bertz CT molecular complexity index is 447. The first kappa shape index (κ1) is 16.3. The summed E-state index contributed by atoms with van der Waals surface area (Å²) in [5, 5.41) is 3.42. The van der Waals surface area contributed by atoms with Crippen LogP contribution in [0.15, 0.2) is 18.2 Å². The smallest absolute Gasteiger partial charge is 0.146 e. The van der Waals surface area contributed by atoms with Crippen LogP contribution in [0.3, 0.4) is 0 Å². The third-order valence-corrected chi connectivity index (χ3v) is 4.63. The number of anilines is 1. The molecule has 1 aromatic rings. The van der Waals surface area contributed by atoms with Crippen molar-refractivity contribution < 1.29 is 4.39 Å². The fourth-order valence-corrected chi connectivity index (χ4v) is 3.50. The van der Waals surface area contributed by atoms with E-state index >= 15 is 0 Å². The topological polar surface area (TPSA) is 15.3 Å². The van der Waals surface area contributed by atoms with E-state index in [1.54, 1.807) is 6.07 Å². The summed E-state index contributed by atoms with van der Waals surface area (Å²) in [6.45, 7) is 8.31. The molecule has 2 rings (SSSR count). The van der Waals surface area contributed by atoms with Crippen LogP contribution in [0, 0.1) is 5.82 Å². The van der Waals surface area contributed by atoms with E-state index in [1.807, 2.05) is 6.07 Å². The van der Waals surface area contributed by atoms with Crippen LogP contribution in [0.5, 0.6) is 0 Å². The Balaban J connectivity index is 2.39. The van der Waals surface area contributed by atoms with Crippen molar-refractivity contribution in [1.29, 1.82) is 0 Å². The van der Waals surface area contributed by atoms with Gasteiger partial charge in [0, 0.05) is 18.6 Å². The predicted molar refractivity (Wildman–Crippen MR) is 88.4 cm³/mol. The van der Waals surface area contributed by atoms with Crippen LogP contribution in [0.25, 0.3) is 0 Å². The van der Waals surface area contributed by atoms with Gasteiger partial charge in [0.2, 0.25) is 0 Å². The van der Waals surface area contributed by atoms with Gasteiger partial charge in [0.25, 0.3) is 0 Å². The quantitative estimate of drug-likeness (QED) is 0.849. The maximum Gasteiger partial charge on any atom is 0.146 e. The molecule has 0 aliphatic carbocycles. The summed E-state index contributed by atoms with van der Waals surface area (Å²) in [6, 6.07) is 6.16. The van der Waals surface area contributed by atoms with Crippen LogP contribution in [0.2, 0.25) is 0 Å². The van der Waals surface area contributed by atoms with E-state index in [0.29, 0.717) is 6.04 Å². The van der Waals surface area contributed by atoms with Crippen molar-refractivity contribution in [1.82, 2.24) is 5.32 Å². The van der Waals surface area contributed by atoms with E-state index in [4.69, 9.17) is 0 Å². The van der Waals surface area contributed by atoms with Crippen LogP contribution < -0.4 is 10.2 Å². The molecule has 1 heterocycles. The third-order valence-electron chi connectivity index (χ3n) is 4.63. The predicted octanol–water partition coefficient (Wildman–Crippen LogP) is 4.66. The van der Waals surface area contributed by atoms with Crippen LogP contribution in [-0.2, 0) is 0 Å². The van der Waals surface area contributed by atoms with Gasteiger partial charge in [0.15, 0.2) is 0 Å². The van der Waals surface area contributed by atoms with E-state index in [9.17, 15) is 4.39 Å². The van der Waals surface area contributed by atoms with Gasteiger partial charge in [-0.2, -0.15) is 0 Å². The second kappa shape index (κ2) is 7.79. The van der Waals surface area contributed by atoms with Gasteiger partial charge in [-0.25, -0.2) is 4.39 Å². The standard InChI is InChI=1S/C18H29FN2/c1-4-15-10-7-6-8-13-21(15)18-16(14(3)20-5-2)11-9-12-17(18)19/h9,11-12,14-15,20H,4-8,10,13H2,1-3H3. The maximum absolute atomic E-state index is 14.6. The van der Waals surface area contributed by atoms with E-state index < -0.39 is 0 Å². The molecule has 1 aromatic carbocycles. The maximum atomic E-state index is 14.6. The van der Waals surface area contributed by atoms with E-state index in [0.717, 1.165) is 30.8 Å². The molecule has 0 radical (unpaired) electrons. The first-order valence-corrected chi connectivity index (χ1v) is 8.47. The van der Waals surface area contributed by atoms with Gasteiger partial charge in [-0.3, -0.25) is 0 Å². The monoisotopic (exact) mass is 292 g/mol. The van der Waals surface area contributed by atoms with Crippen molar-refractivity contribution in [2.75, 3.05) is 18.0 Å². The lowest BCUT2D eigenvalue weighted by Gasteiger charge is -2.34. The zero-order valence-electron chi connectivity index (χ0n) is 13.7. The molecule has 2 nitrogen and oxygen atoms in total. The molecule has 2 atom stereocenters. The highest BCUT2D eigenvalue weighted by molar-refractivity contribution is 5.57.